The van der Waals surface area contributed by atoms with E-state index in [4.69, 9.17) is 0 Å². The number of hydrogen-bond acceptors (Lipinski definition) is 3. The SMILES string of the molecule is Cc1ccccc1C1(O)CCN(Cc2cnn(Cc3ccccc3)c2C)CC1. The molecule has 2 heterocycles. The first-order valence-electron chi connectivity index (χ1n) is 10.1. The lowest BCUT2D eigenvalue weighted by Crippen LogP contribution is -2.42. The fourth-order valence-corrected chi connectivity index (χ4v) is 4.24. The average molecular weight is 376 g/mol. The summed E-state index contributed by atoms with van der Waals surface area (Å²) in [6.45, 7) is 7.73. The van der Waals surface area contributed by atoms with E-state index in [0.717, 1.165) is 44.6 Å². The van der Waals surface area contributed by atoms with Gasteiger partial charge >= 0.3 is 0 Å². The van der Waals surface area contributed by atoms with E-state index in [1.165, 1.54) is 22.4 Å². The molecule has 0 amide bonds. The van der Waals surface area contributed by atoms with Gasteiger partial charge < -0.3 is 5.11 Å². The lowest BCUT2D eigenvalue weighted by atomic mass is 9.82. The summed E-state index contributed by atoms with van der Waals surface area (Å²) in [4.78, 5) is 2.43. The molecule has 1 fully saturated rings. The molecule has 2 aromatic carbocycles. The second kappa shape index (κ2) is 7.90. The van der Waals surface area contributed by atoms with Crippen molar-refractivity contribution < 1.29 is 5.11 Å². The number of aliphatic hydroxyl groups is 1. The highest BCUT2D eigenvalue weighted by Gasteiger charge is 2.35. The summed E-state index contributed by atoms with van der Waals surface area (Å²) >= 11 is 0. The van der Waals surface area contributed by atoms with E-state index >= 15 is 0 Å². The molecule has 4 rings (SSSR count). The predicted octanol–water partition coefficient (Wildman–Crippen LogP) is 4.03. The van der Waals surface area contributed by atoms with Crippen LogP contribution in [0.25, 0.3) is 0 Å². The Morgan fingerprint density at radius 3 is 2.32 bits per heavy atom. The van der Waals surface area contributed by atoms with Gasteiger partial charge in [-0.05, 0) is 43.4 Å². The Hall–Kier alpha value is -2.43. The molecular formula is C24H29N3O. The maximum atomic E-state index is 11.2. The summed E-state index contributed by atoms with van der Waals surface area (Å²) in [5, 5.41) is 15.8. The molecule has 1 aromatic heterocycles. The summed E-state index contributed by atoms with van der Waals surface area (Å²) < 4.78 is 2.08. The number of nitrogens with zero attached hydrogens (tertiary/aromatic N) is 3. The third kappa shape index (κ3) is 3.89. The van der Waals surface area contributed by atoms with Crippen LogP contribution in [-0.2, 0) is 18.7 Å². The molecule has 1 aliphatic rings. The standard InChI is InChI=1S/C24H29N3O/c1-19-8-6-7-11-23(19)24(28)12-14-26(15-13-24)18-22-16-25-27(20(22)2)17-21-9-4-3-5-10-21/h3-11,16,28H,12-15,17-18H2,1-2H3. The Bertz CT molecular complexity index is 924. The first-order valence-corrected chi connectivity index (χ1v) is 10.1. The van der Waals surface area contributed by atoms with Crippen molar-refractivity contribution in [3.05, 3.63) is 88.7 Å². The second-order valence-electron chi connectivity index (χ2n) is 8.02. The summed E-state index contributed by atoms with van der Waals surface area (Å²) in [7, 11) is 0. The van der Waals surface area contributed by atoms with Gasteiger partial charge in [0.1, 0.15) is 0 Å². The molecule has 0 bridgehead atoms. The number of benzene rings is 2. The number of likely N-dealkylation sites (tertiary alicyclic amines) is 1. The molecule has 0 spiro atoms. The molecule has 0 aliphatic carbocycles. The van der Waals surface area contributed by atoms with Gasteiger partial charge in [-0.1, -0.05) is 54.6 Å². The average Bonchev–Trinajstić information content (AvgIpc) is 3.04. The van der Waals surface area contributed by atoms with Crippen LogP contribution in [-0.4, -0.2) is 32.9 Å². The lowest BCUT2D eigenvalue weighted by Gasteiger charge is -2.39. The maximum Gasteiger partial charge on any atom is 0.0923 e. The van der Waals surface area contributed by atoms with Crippen LogP contribution in [0.2, 0.25) is 0 Å². The largest absolute Gasteiger partial charge is 0.385 e. The monoisotopic (exact) mass is 375 g/mol. The van der Waals surface area contributed by atoms with Crippen LogP contribution < -0.4 is 0 Å². The molecule has 146 valence electrons. The van der Waals surface area contributed by atoms with Gasteiger partial charge in [0, 0.05) is 30.9 Å². The van der Waals surface area contributed by atoms with Gasteiger partial charge in [0.05, 0.1) is 18.3 Å². The molecule has 0 unspecified atom stereocenters. The van der Waals surface area contributed by atoms with Crippen LogP contribution in [0.3, 0.4) is 0 Å². The summed E-state index contributed by atoms with van der Waals surface area (Å²) in [6.07, 6.45) is 3.55. The smallest absolute Gasteiger partial charge is 0.0923 e. The highest BCUT2D eigenvalue weighted by Crippen LogP contribution is 2.35. The molecule has 3 aromatic rings. The zero-order valence-corrected chi connectivity index (χ0v) is 16.8. The summed E-state index contributed by atoms with van der Waals surface area (Å²) in [6, 6.07) is 18.7. The molecule has 0 radical (unpaired) electrons. The maximum absolute atomic E-state index is 11.2. The summed E-state index contributed by atoms with van der Waals surface area (Å²) in [5.74, 6) is 0. The van der Waals surface area contributed by atoms with Crippen LogP contribution in [0.1, 0.15) is 40.8 Å². The van der Waals surface area contributed by atoms with Crippen LogP contribution in [0.5, 0.6) is 0 Å². The van der Waals surface area contributed by atoms with Gasteiger partial charge in [-0.25, -0.2) is 0 Å². The minimum absolute atomic E-state index is 0.700. The molecular weight excluding hydrogens is 346 g/mol. The fraction of sp³-hybridized carbons (Fsp3) is 0.375. The first kappa shape index (κ1) is 18.9. The number of aromatic nitrogens is 2. The van der Waals surface area contributed by atoms with Crippen molar-refractivity contribution in [1.82, 2.24) is 14.7 Å². The van der Waals surface area contributed by atoms with Crippen molar-refractivity contribution in [3.63, 3.8) is 0 Å². The molecule has 28 heavy (non-hydrogen) atoms. The van der Waals surface area contributed by atoms with E-state index in [9.17, 15) is 5.11 Å². The zero-order chi connectivity index (χ0) is 19.6. The van der Waals surface area contributed by atoms with Crippen LogP contribution in [0, 0.1) is 13.8 Å². The minimum atomic E-state index is -0.700. The second-order valence-corrected chi connectivity index (χ2v) is 8.02. The molecule has 1 N–H and O–H groups in total. The van der Waals surface area contributed by atoms with Crippen molar-refractivity contribution >= 4 is 0 Å². The molecule has 0 atom stereocenters. The van der Waals surface area contributed by atoms with Crippen molar-refractivity contribution in [2.45, 2.75) is 45.4 Å². The Labute approximate surface area is 167 Å². The van der Waals surface area contributed by atoms with Crippen LogP contribution in [0.15, 0.2) is 60.8 Å². The van der Waals surface area contributed by atoms with Crippen molar-refractivity contribution in [2.24, 2.45) is 0 Å². The van der Waals surface area contributed by atoms with E-state index in [0.29, 0.717) is 0 Å². The van der Waals surface area contributed by atoms with E-state index in [1.807, 2.05) is 24.4 Å². The van der Waals surface area contributed by atoms with E-state index < -0.39 is 5.60 Å². The van der Waals surface area contributed by atoms with Gasteiger partial charge in [0.15, 0.2) is 0 Å². The van der Waals surface area contributed by atoms with Crippen LogP contribution in [0.4, 0.5) is 0 Å². The quantitative estimate of drug-likeness (QED) is 0.732. The minimum Gasteiger partial charge on any atom is -0.385 e. The number of piperidine rings is 1. The van der Waals surface area contributed by atoms with Gasteiger partial charge in [0.25, 0.3) is 0 Å². The molecule has 1 saturated heterocycles. The van der Waals surface area contributed by atoms with Gasteiger partial charge in [-0.3, -0.25) is 9.58 Å². The summed E-state index contributed by atoms with van der Waals surface area (Å²) in [5.41, 5.74) is 5.33. The van der Waals surface area contributed by atoms with Crippen LogP contribution >= 0.6 is 0 Å². The van der Waals surface area contributed by atoms with Crippen molar-refractivity contribution in [2.75, 3.05) is 13.1 Å². The van der Waals surface area contributed by atoms with Gasteiger partial charge in [-0.15, -0.1) is 0 Å². The molecule has 4 heteroatoms. The van der Waals surface area contributed by atoms with Gasteiger partial charge in [0.2, 0.25) is 0 Å². The molecule has 1 aliphatic heterocycles. The first-order chi connectivity index (χ1) is 13.5. The number of hydrogen-bond donors (Lipinski definition) is 1. The Morgan fingerprint density at radius 1 is 0.929 bits per heavy atom. The third-order valence-corrected chi connectivity index (χ3v) is 6.10. The normalized spacial score (nSPS) is 17.0. The van der Waals surface area contributed by atoms with Crippen molar-refractivity contribution in [1.29, 1.82) is 0 Å². The predicted molar refractivity (Wildman–Crippen MR) is 112 cm³/mol. The molecule has 0 saturated carbocycles. The Balaban J connectivity index is 1.40. The zero-order valence-electron chi connectivity index (χ0n) is 16.8. The van der Waals surface area contributed by atoms with Crippen molar-refractivity contribution in [3.8, 4) is 0 Å². The highest BCUT2D eigenvalue weighted by atomic mass is 16.3. The Morgan fingerprint density at radius 2 is 1.61 bits per heavy atom. The highest BCUT2D eigenvalue weighted by molar-refractivity contribution is 5.32. The fourth-order valence-electron chi connectivity index (χ4n) is 4.24. The number of rotatable bonds is 5. The van der Waals surface area contributed by atoms with E-state index in [2.05, 4.69) is 64.9 Å². The van der Waals surface area contributed by atoms with E-state index in [1.54, 1.807) is 0 Å². The lowest BCUT2D eigenvalue weighted by molar-refractivity contribution is -0.0282. The number of aryl methyl sites for hydroxylation is 1. The topological polar surface area (TPSA) is 41.3 Å². The van der Waals surface area contributed by atoms with E-state index in [-0.39, 0.29) is 0 Å². The third-order valence-electron chi connectivity index (χ3n) is 6.10. The van der Waals surface area contributed by atoms with Gasteiger partial charge in [-0.2, -0.15) is 5.10 Å². The molecule has 4 nitrogen and oxygen atoms in total. The Kier molecular flexibility index (Phi) is 5.33.